The van der Waals surface area contributed by atoms with Crippen molar-refractivity contribution < 1.29 is 14.0 Å². The largest absolute Gasteiger partial charge is 0.352 e. The van der Waals surface area contributed by atoms with Crippen LogP contribution >= 0.6 is 0 Å². The average molecular weight is 487 g/mol. The van der Waals surface area contributed by atoms with Gasteiger partial charge in [0.25, 0.3) is 0 Å². The van der Waals surface area contributed by atoms with Gasteiger partial charge in [-0.15, -0.1) is 0 Å². The maximum absolute atomic E-state index is 13.9. The lowest BCUT2D eigenvalue weighted by molar-refractivity contribution is -0.141. The molecule has 1 atom stereocenters. The second-order valence-corrected chi connectivity index (χ2v) is 9.95. The first-order valence-electron chi connectivity index (χ1n) is 12.8. The molecule has 1 N–H and O–H groups in total. The summed E-state index contributed by atoms with van der Waals surface area (Å²) in [7, 11) is 0. The average Bonchev–Trinajstić information content (AvgIpc) is 3.38. The number of nitrogens with one attached hydrogen (secondary N) is 1. The van der Waals surface area contributed by atoms with Gasteiger partial charge in [-0.2, -0.15) is 0 Å². The fourth-order valence-electron chi connectivity index (χ4n) is 4.96. The minimum absolute atomic E-state index is 0.115. The van der Waals surface area contributed by atoms with Crippen LogP contribution in [0.2, 0.25) is 0 Å². The van der Waals surface area contributed by atoms with Crippen LogP contribution in [-0.2, 0) is 29.0 Å². The number of aryl methyl sites for hydroxylation is 2. The zero-order valence-electron chi connectivity index (χ0n) is 21.2. The van der Waals surface area contributed by atoms with E-state index in [0.29, 0.717) is 6.42 Å². The summed E-state index contributed by atoms with van der Waals surface area (Å²) in [6.45, 7) is 4.25. The molecule has 0 heterocycles. The van der Waals surface area contributed by atoms with Crippen molar-refractivity contribution in [2.24, 2.45) is 0 Å². The molecule has 36 heavy (non-hydrogen) atoms. The van der Waals surface area contributed by atoms with Gasteiger partial charge in [0.15, 0.2) is 0 Å². The molecule has 3 aromatic carbocycles. The fourth-order valence-corrected chi connectivity index (χ4v) is 4.96. The third-order valence-electron chi connectivity index (χ3n) is 7.09. The smallest absolute Gasteiger partial charge is 0.243 e. The van der Waals surface area contributed by atoms with Gasteiger partial charge in [0.2, 0.25) is 11.8 Å². The Kier molecular flexibility index (Phi) is 8.52. The van der Waals surface area contributed by atoms with E-state index in [2.05, 4.69) is 5.32 Å². The quantitative estimate of drug-likeness (QED) is 0.423. The number of nitrogens with zero attached hydrogens (tertiary/aromatic N) is 1. The zero-order valence-corrected chi connectivity index (χ0v) is 21.2. The lowest BCUT2D eigenvalue weighted by Gasteiger charge is -2.32. The second kappa shape index (κ2) is 12.0. The number of carbonyl (C=O) groups excluding carboxylic acids is 2. The number of amides is 2. The van der Waals surface area contributed by atoms with Gasteiger partial charge < -0.3 is 10.2 Å². The van der Waals surface area contributed by atoms with E-state index in [0.717, 1.165) is 53.5 Å². The van der Waals surface area contributed by atoms with Gasteiger partial charge in [0.1, 0.15) is 11.9 Å². The topological polar surface area (TPSA) is 49.4 Å². The molecule has 0 spiro atoms. The summed E-state index contributed by atoms with van der Waals surface area (Å²) in [4.78, 5) is 29.3. The van der Waals surface area contributed by atoms with Gasteiger partial charge in [-0.1, -0.05) is 79.1 Å². The molecule has 0 saturated heterocycles. The minimum atomic E-state index is -0.671. The molecular formula is C31H35FN2O2. The van der Waals surface area contributed by atoms with Crippen molar-refractivity contribution in [3.8, 4) is 0 Å². The number of hydrogen-bond acceptors (Lipinski definition) is 2. The fraction of sp³-hybridized carbons (Fsp3) is 0.355. The van der Waals surface area contributed by atoms with Gasteiger partial charge in [-0.3, -0.25) is 9.59 Å². The van der Waals surface area contributed by atoms with E-state index in [1.54, 1.807) is 17.0 Å². The van der Waals surface area contributed by atoms with E-state index < -0.39 is 6.04 Å². The van der Waals surface area contributed by atoms with Crippen LogP contribution in [0.4, 0.5) is 4.39 Å². The Morgan fingerprint density at radius 2 is 1.64 bits per heavy atom. The van der Waals surface area contributed by atoms with E-state index in [1.165, 1.54) is 12.1 Å². The summed E-state index contributed by atoms with van der Waals surface area (Å²) in [6, 6.07) is 21.5. The van der Waals surface area contributed by atoms with Crippen LogP contribution in [-0.4, -0.2) is 28.8 Å². The molecule has 0 bridgehead atoms. The highest BCUT2D eigenvalue weighted by Crippen LogP contribution is 2.21. The van der Waals surface area contributed by atoms with Crippen LogP contribution < -0.4 is 5.32 Å². The normalized spacial score (nSPS) is 14.4. The van der Waals surface area contributed by atoms with Crippen molar-refractivity contribution in [1.82, 2.24) is 10.2 Å². The first kappa shape index (κ1) is 25.6. The Labute approximate surface area is 213 Å². The molecular weight excluding hydrogens is 451 g/mol. The van der Waals surface area contributed by atoms with E-state index in [-0.39, 0.29) is 36.6 Å². The molecule has 1 fully saturated rings. The van der Waals surface area contributed by atoms with Crippen molar-refractivity contribution in [3.63, 3.8) is 0 Å². The van der Waals surface area contributed by atoms with Gasteiger partial charge in [0, 0.05) is 19.0 Å². The molecule has 1 aliphatic rings. The molecule has 5 heteroatoms. The van der Waals surface area contributed by atoms with Crippen molar-refractivity contribution in [2.75, 3.05) is 0 Å². The van der Waals surface area contributed by atoms with Crippen LogP contribution in [0.25, 0.3) is 0 Å². The number of benzene rings is 3. The van der Waals surface area contributed by atoms with Crippen LogP contribution in [0.5, 0.6) is 0 Å². The number of halogens is 1. The first-order valence-corrected chi connectivity index (χ1v) is 12.8. The molecule has 1 unspecified atom stereocenters. The van der Waals surface area contributed by atoms with E-state index in [4.69, 9.17) is 0 Å². The molecule has 0 aliphatic heterocycles. The summed E-state index contributed by atoms with van der Waals surface area (Å²) in [6.07, 6.45) is 4.78. The summed E-state index contributed by atoms with van der Waals surface area (Å²) in [5, 5.41) is 3.22. The monoisotopic (exact) mass is 486 g/mol. The Hall–Kier alpha value is -3.47. The van der Waals surface area contributed by atoms with Crippen LogP contribution in [0.3, 0.4) is 0 Å². The summed E-state index contributed by atoms with van der Waals surface area (Å²) >= 11 is 0. The maximum atomic E-state index is 13.9. The molecule has 2 amide bonds. The standard InChI is InChI=1S/C31H35FN2O2/c1-22-12-13-23(2)26(18-22)20-30(35)34(21-25-14-16-27(32)17-15-25)29(19-24-8-4-3-5-9-24)31(36)33-28-10-6-7-11-28/h3-5,8-9,12-18,28-29H,6-7,10-11,19-21H2,1-2H3,(H,33,36). The summed E-state index contributed by atoms with van der Waals surface area (Å²) in [5.41, 5.74) is 4.88. The lowest BCUT2D eigenvalue weighted by atomic mass is 9.99. The molecule has 0 aromatic heterocycles. The van der Waals surface area contributed by atoms with Crippen molar-refractivity contribution in [3.05, 3.63) is 106 Å². The SMILES string of the molecule is Cc1ccc(C)c(CC(=O)N(Cc2ccc(F)cc2)C(Cc2ccccc2)C(=O)NC2CCCC2)c1. The van der Waals surface area contributed by atoms with Crippen molar-refractivity contribution >= 4 is 11.8 Å². The Morgan fingerprint density at radius 1 is 0.944 bits per heavy atom. The number of carbonyl (C=O) groups is 2. The van der Waals surface area contributed by atoms with Gasteiger partial charge in [-0.05, 0) is 61.1 Å². The van der Waals surface area contributed by atoms with E-state index in [1.807, 2.05) is 62.4 Å². The summed E-state index contributed by atoms with van der Waals surface area (Å²) < 4.78 is 13.6. The minimum Gasteiger partial charge on any atom is -0.352 e. The highest BCUT2D eigenvalue weighted by Gasteiger charge is 2.32. The number of rotatable bonds is 9. The maximum Gasteiger partial charge on any atom is 0.243 e. The Balaban J connectivity index is 1.67. The molecule has 4 nitrogen and oxygen atoms in total. The predicted octanol–water partition coefficient (Wildman–Crippen LogP) is 5.68. The molecule has 4 rings (SSSR count). The van der Waals surface area contributed by atoms with Gasteiger partial charge in [0.05, 0.1) is 6.42 Å². The van der Waals surface area contributed by atoms with Crippen LogP contribution in [0.15, 0.2) is 72.8 Å². The molecule has 0 radical (unpaired) electrons. The highest BCUT2D eigenvalue weighted by molar-refractivity contribution is 5.89. The lowest BCUT2D eigenvalue weighted by Crippen LogP contribution is -2.52. The molecule has 3 aromatic rings. The molecule has 1 saturated carbocycles. The van der Waals surface area contributed by atoms with Gasteiger partial charge in [-0.25, -0.2) is 4.39 Å². The molecule has 1 aliphatic carbocycles. The third kappa shape index (κ3) is 6.81. The molecule has 188 valence electrons. The highest BCUT2D eigenvalue weighted by atomic mass is 19.1. The summed E-state index contributed by atoms with van der Waals surface area (Å²) in [5.74, 6) is -0.565. The van der Waals surface area contributed by atoms with E-state index in [9.17, 15) is 14.0 Å². The van der Waals surface area contributed by atoms with Crippen LogP contribution in [0.1, 0.15) is 53.5 Å². The second-order valence-electron chi connectivity index (χ2n) is 9.95. The third-order valence-corrected chi connectivity index (χ3v) is 7.09. The van der Waals surface area contributed by atoms with Crippen LogP contribution in [0, 0.1) is 19.7 Å². The van der Waals surface area contributed by atoms with Crippen molar-refractivity contribution in [2.45, 2.75) is 71.0 Å². The first-order chi connectivity index (χ1) is 17.4. The zero-order chi connectivity index (χ0) is 25.5. The van der Waals surface area contributed by atoms with E-state index >= 15 is 0 Å². The Bertz CT molecular complexity index is 1170. The Morgan fingerprint density at radius 3 is 2.33 bits per heavy atom. The predicted molar refractivity (Wildman–Crippen MR) is 141 cm³/mol. The van der Waals surface area contributed by atoms with Gasteiger partial charge >= 0.3 is 0 Å². The van der Waals surface area contributed by atoms with Crippen molar-refractivity contribution in [1.29, 1.82) is 0 Å². The number of hydrogen-bond donors (Lipinski definition) is 1.